The van der Waals surface area contributed by atoms with Gasteiger partial charge in [-0.25, -0.2) is 14.4 Å². The molecule has 2 aromatic heterocycles. The molecule has 2 heterocycles. The molecule has 2 aromatic carbocycles. The molecule has 0 spiro atoms. The number of aryl methyl sites for hydroxylation is 2. The highest BCUT2D eigenvalue weighted by Crippen LogP contribution is 2.21. The number of hydrogen-bond donors (Lipinski definition) is 2. The van der Waals surface area contributed by atoms with E-state index in [-0.39, 0.29) is 29.7 Å². The van der Waals surface area contributed by atoms with Crippen molar-refractivity contribution in [2.24, 2.45) is 0 Å². The number of imidazole rings is 1. The summed E-state index contributed by atoms with van der Waals surface area (Å²) in [7, 11) is 0. The van der Waals surface area contributed by atoms with Gasteiger partial charge in [-0.1, -0.05) is 18.2 Å². The third-order valence-corrected chi connectivity index (χ3v) is 5.41. The van der Waals surface area contributed by atoms with Gasteiger partial charge in [-0.3, -0.25) is 9.59 Å². The van der Waals surface area contributed by atoms with E-state index in [0.717, 1.165) is 0 Å². The van der Waals surface area contributed by atoms with Crippen molar-refractivity contribution in [2.45, 2.75) is 39.2 Å². The summed E-state index contributed by atoms with van der Waals surface area (Å²) in [6.07, 6.45) is 4.61. The Morgan fingerprint density at radius 1 is 1.25 bits per heavy atom. The smallest absolute Gasteiger partial charge is 0.258 e. The van der Waals surface area contributed by atoms with E-state index in [0.29, 0.717) is 46.6 Å². The molecule has 4 aromatic rings. The number of nitrogens with one attached hydrogen (secondary N) is 2. The third kappa shape index (κ3) is 4.59. The molecule has 0 saturated heterocycles. The lowest BCUT2D eigenvalue weighted by Gasteiger charge is -2.16. The Labute approximate surface area is 184 Å². The lowest BCUT2D eigenvalue weighted by Crippen LogP contribution is -2.26. The summed E-state index contributed by atoms with van der Waals surface area (Å²) in [5, 5.41) is 3.44. The van der Waals surface area contributed by atoms with Crippen molar-refractivity contribution >= 4 is 16.8 Å². The molecule has 164 valence electrons. The van der Waals surface area contributed by atoms with Crippen LogP contribution in [0, 0.1) is 12.7 Å². The van der Waals surface area contributed by atoms with Crippen LogP contribution in [0.1, 0.15) is 43.0 Å². The van der Waals surface area contributed by atoms with Gasteiger partial charge in [0.1, 0.15) is 17.5 Å². The molecule has 0 radical (unpaired) electrons. The molecule has 8 heteroatoms. The molecule has 0 aliphatic carbocycles. The SMILES string of the molecule is Cc1nccn1-c1ccc(C(C)NC(=O)CCCc2nc3ccccc3c(=O)[nH]2)cc1F. The lowest BCUT2D eigenvalue weighted by atomic mass is 10.1. The first-order chi connectivity index (χ1) is 15.4. The molecule has 0 saturated carbocycles. The van der Waals surface area contributed by atoms with Crippen molar-refractivity contribution in [3.63, 3.8) is 0 Å². The van der Waals surface area contributed by atoms with Crippen LogP contribution in [0.5, 0.6) is 0 Å². The number of halogens is 1. The van der Waals surface area contributed by atoms with E-state index in [1.807, 2.05) is 13.0 Å². The second kappa shape index (κ2) is 9.13. The largest absolute Gasteiger partial charge is 0.350 e. The third-order valence-electron chi connectivity index (χ3n) is 5.41. The summed E-state index contributed by atoms with van der Waals surface area (Å²) in [5.41, 5.74) is 1.55. The van der Waals surface area contributed by atoms with Crippen molar-refractivity contribution in [3.8, 4) is 5.69 Å². The standard InChI is InChI=1S/C24H24FN5O2/c1-15(17-10-11-21(19(25)14-17)30-13-12-26-16(30)2)27-23(31)9-5-8-22-28-20-7-4-3-6-18(20)24(32)29-22/h3-4,6-7,10-15H,5,8-9H2,1-2H3,(H,27,31)(H,28,29,32). The molecule has 0 aliphatic heterocycles. The minimum atomic E-state index is -0.379. The molecule has 1 amide bonds. The monoisotopic (exact) mass is 433 g/mol. The van der Waals surface area contributed by atoms with Crippen LogP contribution in [-0.2, 0) is 11.2 Å². The van der Waals surface area contributed by atoms with E-state index in [9.17, 15) is 14.0 Å². The number of fused-ring (bicyclic) bond motifs is 1. The van der Waals surface area contributed by atoms with E-state index in [4.69, 9.17) is 0 Å². The maximum Gasteiger partial charge on any atom is 0.258 e. The van der Waals surface area contributed by atoms with E-state index < -0.39 is 0 Å². The Hall–Kier alpha value is -3.81. The van der Waals surface area contributed by atoms with E-state index in [1.165, 1.54) is 6.07 Å². The highest BCUT2D eigenvalue weighted by molar-refractivity contribution is 5.77. The second-order valence-electron chi connectivity index (χ2n) is 7.73. The first-order valence-electron chi connectivity index (χ1n) is 10.5. The Balaban J connectivity index is 1.34. The predicted octanol–water partition coefficient (Wildman–Crippen LogP) is 3.76. The Morgan fingerprint density at radius 3 is 2.81 bits per heavy atom. The minimum absolute atomic E-state index is 0.143. The number of nitrogens with zero attached hydrogens (tertiary/aromatic N) is 3. The molecule has 32 heavy (non-hydrogen) atoms. The number of benzene rings is 2. The van der Waals surface area contributed by atoms with Gasteiger partial charge in [0.2, 0.25) is 5.91 Å². The van der Waals surface area contributed by atoms with Crippen LogP contribution in [0.3, 0.4) is 0 Å². The zero-order chi connectivity index (χ0) is 22.7. The number of carbonyl (C=O) groups excluding carboxylic acids is 1. The minimum Gasteiger partial charge on any atom is -0.350 e. The average Bonchev–Trinajstić information content (AvgIpc) is 3.19. The van der Waals surface area contributed by atoms with Gasteiger partial charge in [0.25, 0.3) is 5.56 Å². The van der Waals surface area contributed by atoms with E-state index in [1.54, 1.807) is 54.2 Å². The zero-order valence-corrected chi connectivity index (χ0v) is 17.9. The number of aromatic nitrogens is 4. The molecule has 4 rings (SSSR count). The fourth-order valence-electron chi connectivity index (χ4n) is 3.69. The Morgan fingerprint density at radius 2 is 2.06 bits per heavy atom. The molecule has 7 nitrogen and oxygen atoms in total. The topological polar surface area (TPSA) is 92.7 Å². The van der Waals surface area contributed by atoms with E-state index >= 15 is 0 Å². The highest BCUT2D eigenvalue weighted by atomic mass is 19.1. The van der Waals surface area contributed by atoms with Crippen LogP contribution in [-0.4, -0.2) is 25.4 Å². The highest BCUT2D eigenvalue weighted by Gasteiger charge is 2.14. The van der Waals surface area contributed by atoms with Gasteiger partial charge in [0.05, 0.1) is 22.6 Å². The number of para-hydroxylation sites is 1. The molecular weight excluding hydrogens is 409 g/mol. The number of hydrogen-bond acceptors (Lipinski definition) is 4. The van der Waals surface area contributed by atoms with Crippen molar-refractivity contribution in [2.75, 3.05) is 0 Å². The van der Waals surface area contributed by atoms with Crippen LogP contribution in [0.2, 0.25) is 0 Å². The number of rotatable bonds is 7. The summed E-state index contributed by atoms with van der Waals surface area (Å²) in [6.45, 7) is 3.62. The van der Waals surface area contributed by atoms with Gasteiger partial charge < -0.3 is 14.9 Å². The zero-order valence-electron chi connectivity index (χ0n) is 17.9. The number of amides is 1. The first kappa shape index (κ1) is 21.4. The van der Waals surface area contributed by atoms with Gasteiger partial charge >= 0.3 is 0 Å². The fourth-order valence-corrected chi connectivity index (χ4v) is 3.69. The lowest BCUT2D eigenvalue weighted by molar-refractivity contribution is -0.121. The summed E-state index contributed by atoms with van der Waals surface area (Å²) in [5.74, 6) is 0.730. The summed E-state index contributed by atoms with van der Waals surface area (Å²) < 4.78 is 16.3. The van der Waals surface area contributed by atoms with Crippen LogP contribution in [0.4, 0.5) is 4.39 Å². The summed E-state index contributed by atoms with van der Waals surface area (Å²) in [4.78, 5) is 35.8. The Kier molecular flexibility index (Phi) is 6.11. The molecule has 0 fully saturated rings. The van der Waals surface area contributed by atoms with Gasteiger partial charge in [0.15, 0.2) is 0 Å². The number of H-pyrrole nitrogens is 1. The maximum atomic E-state index is 14.6. The van der Waals surface area contributed by atoms with Crippen molar-refractivity contribution in [3.05, 3.63) is 88.2 Å². The van der Waals surface area contributed by atoms with Crippen LogP contribution < -0.4 is 10.9 Å². The molecule has 0 aliphatic rings. The van der Waals surface area contributed by atoms with Crippen molar-refractivity contribution < 1.29 is 9.18 Å². The second-order valence-corrected chi connectivity index (χ2v) is 7.73. The average molecular weight is 433 g/mol. The predicted molar refractivity (Wildman–Crippen MR) is 120 cm³/mol. The van der Waals surface area contributed by atoms with Gasteiger partial charge in [0, 0.05) is 25.2 Å². The van der Waals surface area contributed by atoms with Crippen LogP contribution in [0.25, 0.3) is 16.6 Å². The normalized spacial score (nSPS) is 12.1. The van der Waals surface area contributed by atoms with Crippen molar-refractivity contribution in [1.82, 2.24) is 24.8 Å². The molecule has 1 unspecified atom stereocenters. The molecule has 2 N–H and O–H groups in total. The molecule has 0 bridgehead atoms. The van der Waals surface area contributed by atoms with Crippen LogP contribution in [0.15, 0.2) is 59.7 Å². The molecule has 1 atom stereocenters. The maximum absolute atomic E-state index is 14.6. The number of aromatic amines is 1. The summed E-state index contributed by atoms with van der Waals surface area (Å²) in [6, 6.07) is 11.7. The Bertz CT molecular complexity index is 1330. The van der Waals surface area contributed by atoms with Crippen molar-refractivity contribution in [1.29, 1.82) is 0 Å². The first-order valence-corrected chi connectivity index (χ1v) is 10.5. The van der Waals surface area contributed by atoms with Crippen LogP contribution >= 0.6 is 0 Å². The number of carbonyl (C=O) groups is 1. The van der Waals surface area contributed by atoms with Gasteiger partial charge in [-0.05, 0) is 50.1 Å². The van der Waals surface area contributed by atoms with Gasteiger partial charge in [-0.2, -0.15) is 0 Å². The fraction of sp³-hybridized carbons (Fsp3) is 0.250. The van der Waals surface area contributed by atoms with E-state index in [2.05, 4.69) is 20.3 Å². The van der Waals surface area contributed by atoms with Gasteiger partial charge in [-0.15, -0.1) is 0 Å². The summed E-state index contributed by atoms with van der Waals surface area (Å²) >= 11 is 0. The molecular formula is C24H24FN5O2. The quantitative estimate of drug-likeness (QED) is 0.464.